The molecule has 94 valence electrons. The molecule has 1 fully saturated rings. The van der Waals surface area contributed by atoms with E-state index in [1.807, 2.05) is 0 Å². The van der Waals surface area contributed by atoms with Gasteiger partial charge in [-0.05, 0) is 44.4 Å². The van der Waals surface area contributed by atoms with Crippen LogP contribution in [0.2, 0.25) is 0 Å². The first-order valence-electron chi connectivity index (χ1n) is 6.84. The summed E-state index contributed by atoms with van der Waals surface area (Å²) in [6, 6.07) is 2.43. The first kappa shape index (κ1) is 12.6. The molecule has 2 aliphatic rings. The second kappa shape index (κ2) is 4.82. The summed E-state index contributed by atoms with van der Waals surface area (Å²) in [5.74, 6) is 0.827. The molecule has 0 saturated heterocycles. The van der Waals surface area contributed by atoms with Crippen molar-refractivity contribution in [3.05, 3.63) is 11.6 Å². The smallest absolute Gasteiger partial charge is 0.0835 e. The van der Waals surface area contributed by atoms with Crippen LogP contribution in [0.5, 0.6) is 0 Å². The van der Waals surface area contributed by atoms with Crippen molar-refractivity contribution in [3.8, 4) is 6.07 Å². The first-order valence-corrected chi connectivity index (χ1v) is 6.84. The maximum Gasteiger partial charge on any atom is 0.0835 e. The molecule has 3 unspecified atom stereocenters. The highest BCUT2D eigenvalue weighted by Crippen LogP contribution is 2.46. The Labute approximate surface area is 104 Å². The van der Waals surface area contributed by atoms with Crippen LogP contribution in [0.3, 0.4) is 0 Å². The molecule has 17 heavy (non-hydrogen) atoms. The van der Waals surface area contributed by atoms with E-state index >= 15 is 0 Å². The molecule has 0 aromatic heterocycles. The fourth-order valence-corrected chi connectivity index (χ4v) is 3.77. The van der Waals surface area contributed by atoms with Crippen LogP contribution >= 0.6 is 0 Å². The second-order valence-electron chi connectivity index (χ2n) is 6.11. The highest BCUT2D eigenvalue weighted by molar-refractivity contribution is 5.13. The van der Waals surface area contributed by atoms with Crippen molar-refractivity contribution in [1.29, 1.82) is 5.26 Å². The largest absolute Gasteiger partial charge is 0.391 e. The molecule has 1 N–H and O–H groups in total. The molecule has 0 aromatic carbocycles. The average Bonchev–Trinajstić information content (AvgIpc) is 2.76. The van der Waals surface area contributed by atoms with Crippen LogP contribution in [-0.2, 0) is 0 Å². The number of nitrogens with zero attached hydrogens (tertiary/aromatic N) is 1. The summed E-state index contributed by atoms with van der Waals surface area (Å²) in [7, 11) is 0. The van der Waals surface area contributed by atoms with Gasteiger partial charge in [0.25, 0.3) is 0 Å². The maximum absolute atomic E-state index is 10.6. The lowest BCUT2D eigenvalue weighted by molar-refractivity contribution is 0.00705. The third-order valence-corrected chi connectivity index (χ3v) is 4.56. The number of rotatable bonds is 2. The minimum absolute atomic E-state index is 0.285. The van der Waals surface area contributed by atoms with Crippen LogP contribution in [0.15, 0.2) is 11.6 Å². The molecular weight excluding hydrogens is 210 g/mol. The van der Waals surface area contributed by atoms with E-state index < -0.39 is 11.5 Å². The topological polar surface area (TPSA) is 44.0 Å². The van der Waals surface area contributed by atoms with Crippen LogP contribution in [-0.4, -0.2) is 11.2 Å². The van der Waals surface area contributed by atoms with E-state index in [0.29, 0.717) is 5.92 Å². The van der Waals surface area contributed by atoms with Gasteiger partial charge in [0.05, 0.1) is 17.6 Å². The van der Waals surface area contributed by atoms with Crippen molar-refractivity contribution in [2.24, 2.45) is 17.3 Å². The summed E-state index contributed by atoms with van der Waals surface area (Å²) in [5.41, 5.74) is 0.932. The van der Waals surface area contributed by atoms with Gasteiger partial charge in [0, 0.05) is 0 Å². The van der Waals surface area contributed by atoms with Gasteiger partial charge in [0.15, 0.2) is 0 Å². The molecule has 2 nitrogen and oxygen atoms in total. The summed E-state index contributed by atoms with van der Waals surface area (Å²) in [5, 5.41) is 20.0. The highest BCUT2D eigenvalue weighted by Gasteiger charge is 2.45. The number of aliphatic hydroxyl groups is 1. The van der Waals surface area contributed by atoms with Crippen LogP contribution in [0.25, 0.3) is 0 Å². The zero-order valence-electron chi connectivity index (χ0n) is 10.9. The Hall–Kier alpha value is -0.810. The van der Waals surface area contributed by atoms with Gasteiger partial charge in [0.1, 0.15) is 0 Å². The number of allylic oxidation sites excluding steroid dienone is 2. The predicted molar refractivity (Wildman–Crippen MR) is 68.2 cm³/mol. The fourth-order valence-electron chi connectivity index (χ4n) is 3.77. The summed E-state index contributed by atoms with van der Waals surface area (Å²) in [6.45, 7) is 4.35. The quantitative estimate of drug-likeness (QED) is 0.743. The molecule has 0 heterocycles. The van der Waals surface area contributed by atoms with E-state index in [2.05, 4.69) is 26.0 Å². The van der Waals surface area contributed by atoms with Crippen molar-refractivity contribution >= 4 is 0 Å². The molecule has 3 atom stereocenters. The Balaban J connectivity index is 2.12. The molecule has 2 aliphatic carbocycles. The van der Waals surface area contributed by atoms with Gasteiger partial charge in [-0.1, -0.05) is 31.4 Å². The molecule has 2 heteroatoms. The minimum atomic E-state index is -0.442. The predicted octanol–water partition coefficient (Wildman–Crippen LogP) is 3.42. The highest BCUT2D eigenvalue weighted by atomic mass is 16.3. The standard InChI is InChI=1S/C15H23NO/c1-11-7-12(2)9-13(8-11)14(17)15(10-16)5-3-4-6-15/h7,11,13-14,17H,3-6,8-9H2,1-2H3. The van der Waals surface area contributed by atoms with Crippen LogP contribution in [0.4, 0.5) is 0 Å². The molecule has 1 saturated carbocycles. The summed E-state index contributed by atoms with van der Waals surface area (Å²) in [4.78, 5) is 0. The third-order valence-electron chi connectivity index (χ3n) is 4.56. The van der Waals surface area contributed by atoms with E-state index in [-0.39, 0.29) is 5.92 Å². The summed E-state index contributed by atoms with van der Waals surface area (Å²) >= 11 is 0. The van der Waals surface area contributed by atoms with Crippen LogP contribution in [0, 0.1) is 28.6 Å². The molecule has 0 amide bonds. The zero-order valence-corrected chi connectivity index (χ0v) is 10.9. The van der Waals surface area contributed by atoms with E-state index in [0.717, 1.165) is 38.5 Å². The van der Waals surface area contributed by atoms with Gasteiger partial charge in [-0.3, -0.25) is 0 Å². The summed E-state index contributed by atoms with van der Waals surface area (Å²) in [6.07, 6.45) is 7.84. The first-order chi connectivity index (χ1) is 8.07. The monoisotopic (exact) mass is 233 g/mol. The van der Waals surface area contributed by atoms with Crippen molar-refractivity contribution < 1.29 is 5.11 Å². The van der Waals surface area contributed by atoms with Gasteiger partial charge in [-0.25, -0.2) is 0 Å². The molecule has 0 aromatic rings. The van der Waals surface area contributed by atoms with E-state index in [1.54, 1.807) is 0 Å². The normalized spacial score (nSPS) is 33.9. The van der Waals surface area contributed by atoms with Gasteiger partial charge < -0.3 is 5.11 Å². The van der Waals surface area contributed by atoms with Crippen molar-refractivity contribution in [1.82, 2.24) is 0 Å². The van der Waals surface area contributed by atoms with Gasteiger partial charge in [-0.2, -0.15) is 5.26 Å². The average molecular weight is 233 g/mol. The number of hydrogen-bond acceptors (Lipinski definition) is 2. The second-order valence-corrected chi connectivity index (χ2v) is 6.11. The lowest BCUT2D eigenvalue weighted by atomic mass is 9.70. The van der Waals surface area contributed by atoms with Crippen molar-refractivity contribution in [2.75, 3.05) is 0 Å². The third kappa shape index (κ3) is 2.40. The van der Waals surface area contributed by atoms with E-state index in [1.165, 1.54) is 5.57 Å². The van der Waals surface area contributed by atoms with Crippen LogP contribution < -0.4 is 0 Å². The van der Waals surface area contributed by atoms with Gasteiger partial charge >= 0.3 is 0 Å². The van der Waals surface area contributed by atoms with Gasteiger partial charge in [-0.15, -0.1) is 0 Å². The number of aliphatic hydroxyl groups excluding tert-OH is 1. The molecule has 0 bridgehead atoms. The molecule has 2 rings (SSSR count). The summed E-state index contributed by atoms with van der Waals surface area (Å²) < 4.78 is 0. The maximum atomic E-state index is 10.6. The van der Waals surface area contributed by atoms with Crippen LogP contribution in [0.1, 0.15) is 52.4 Å². The van der Waals surface area contributed by atoms with Crippen molar-refractivity contribution in [2.45, 2.75) is 58.5 Å². The minimum Gasteiger partial charge on any atom is -0.391 e. The SMILES string of the molecule is CC1=CC(C)CC(C(O)C2(C#N)CCCC2)C1. The van der Waals surface area contributed by atoms with E-state index in [4.69, 9.17) is 0 Å². The van der Waals surface area contributed by atoms with Crippen molar-refractivity contribution in [3.63, 3.8) is 0 Å². The number of hydrogen-bond donors (Lipinski definition) is 1. The molecule has 0 spiro atoms. The zero-order chi connectivity index (χ0) is 12.5. The Bertz CT molecular complexity index is 346. The Morgan fingerprint density at radius 1 is 1.47 bits per heavy atom. The van der Waals surface area contributed by atoms with Gasteiger partial charge in [0.2, 0.25) is 0 Å². The Morgan fingerprint density at radius 2 is 2.12 bits per heavy atom. The Morgan fingerprint density at radius 3 is 2.65 bits per heavy atom. The molecule has 0 aliphatic heterocycles. The molecular formula is C15H23NO. The Kier molecular flexibility index (Phi) is 3.58. The van der Waals surface area contributed by atoms with E-state index in [9.17, 15) is 10.4 Å². The lowest BCUT2D eigenvalue weighted by Gasteiger charge is -2.36. The lowest BCUT2D eigenvalue weighted by Crippen LogP contribution is -2.39. The fraction of sp³-hybridized carbons (Fsp3) is 0.800. The molecule has 0 radical (unpaired) electrons. The number of nitriles is 1.